The van der Waals surface area contributed by atoms with Gasteiger partial charge in [0.25, 0.3) is 0 Å². The number of benzene rings is 7. The minimum atomic E-state index is -0.157. The van der Waals surface area contributed by atoms with Gasteiger partial charge in [0.05, 0.1) is 5.56 Å². The molecule has 59 heavy (non-hydrogen) atoms. The average Bonchev–Trinajstić information content (AvgIpc) is 3.99. The molecule has 5 nitrogen and oxygen atoms in total. The predicted octanol–water partition coefficient (Wildman–Crippen LogP) is 12.5. The number of furan rings is 2. The Balaban J connectivity index is 1.13. The van der Waals surface area contributed by atoms with Crippen molar-refractivity contribution in [2.24, 2.45) is 5.92 Å². The Labute approximate surface area is 341 Å². The molecule has 2 aliphatic rings. The van der Waals surface area contributed by atoms with Gasteiger partial charge in [0.1, 0.15) is 28.2 Å². The Kier molecular flexibility index (Phi) is 6.94. The summed E-state index contributed by atoms with van der Waals surface area (Å²) in [6.45, 7) is 0. The lowest BCUT2D eigenvalue weighted by atomic mass is 9.78. The maximum absolute atomic E-state index is 6.63. The normalized spacial score (nSPS) is 16.1. The van der Waals surface area contributed by atoms with Crippen molar-refractivity contribution in [1.82, 2.24) is 15.0 Å². The molecule has 7 aromatic carbocycles. The van der Waals surface area contributed by atoms with Crippen LogP contribution in [0.2, 0.25) is 0 Å². The van der Waals surface area contributed by atoms with E-state index < -0.39 is 0 Å². The van der Waals surface area contributed by atoms with Gasteiger partial charge in [0, 0.05) is 59.1 Å². The number of fused-ring (bicyclic) bond motifs is 11. The van der Waals surface area contributed by atoms with Crippen LogP contribution in [0.3, 0.4) is 0 Å². The molecule has 276 valence electrons. The molecular weight excluding hydrogens is 743 g/mol. The molecule has 0 fully saturated rings. The van der Waals surface area contributed by atoms with Gasteiger partial charge in [-0.05, 0) is 69.6 Å². The molecule has 13 rings (SSSR count). The zero-order valence-electron chi connectivity index (χ0n) is 31.5. The summed E-state index contributed by atoms with van der Waals surface area (Å²) < 4.78 is 15.7. The van der Waals surface area contributed by atoms with Crippen LogP contribution < -0.4 is 10.4 Å². The molecule has 0 N–H and O–H groups in total. The minimum absolute atomic E-state index is 0.0420. The monoisotopic (exact) mass is 773 g/mol. The highest BCUT2D eigenvalue weighted by atomic mass is 32.1. The third-order valence-electron chi connectivity index (χ3n) is 12.1. The summed E-state index contributed by atoms with van der Waals surface area (Å²) in [6, 6.07) is 51.0. The molecule has 0 bridgehead atoms. The van der Waals surface area contributed by atoms with E-state index in [0.29, 0.717) is 17.5 Å². The number of thiophene rings is 1. The summed E-state index contributed by atoms with van der Waals surface area (Å²) in [7, 11) is 0. The molecule has 0 radical (unpaired) electrons. The molecule has 6 heteroatoms. The fourth-order valence-corrected chi connectivity index (χ4v) is 10.6. The molecule has 0 spiro atoms. The van der Waals surface area contributed by atoms with Gasteiger partial charge in [-0.3, -0.25) is 0 Å². The van der Waals surface area contributed by atoms with Crippen molar-refractivity contribution in [2.75, 3.05) is 0 Å². The maximum atomic E-state index is 6.63. The summed E-state index contributed by atoms with van der Waals surface area (Å²) >= 11 is 1.82. The highest BCUT2D eigenvalue weighted by Gasteiger charge is 2.31. The third kappa shape index (κ3) is 4.93. The first-order valence-electron chi connectivity index (χ1n) is 19.9. The molecule has 0 saturated heterocycles. The highest BCUT2D eigenvalue weighted by Crippen LogP contribution is 2.45. The van der Waals surface area contributed by atoms with E-state index in [1.807, 2.05) is 41.7 Å². The molecule has 2 aliphatic carbocycles. The standard InChI is InChI=1S/C53H31N3O2S/c1-2-13-32-30(12-1)28-42(35-15-4-3-14-34(32)35)52-54-51(41-20-11-19-39-36-16-5-8-21-43(36)58-50(39)41)55-53(56-52)49-33(26-27-45-48(49)40-18-6-9-22-44(40)57-45)31-24-25-38-37-17-7-10-23-46(37)59-47(38)29-31/h1-29,35,42H. The van der Waals surface area contributed by atoms with Crippen LogP contribution in [-0.4, -0.2) is 15.0 Å². The smallest absolute Gasteiger partial charge is 0.167 e. The highest BCUT2D eigenvalue weighted by molar-refractivity contribution is 7.25. The van der Waals surface area contributed by atoms with E-state index in [2.05, 4.69) is 146 Å². The fourth-order valence-electron chi connectivity index (χ4n) is 9.46. The summed E-state index contributed by atoms with van der Waals surface area (Å²) in [5, 5.41) is 9.01. The molecule has 0 aliphatic heterocycles. The van der Waals surface area contributed by atoms with Crippen molar-refractivity contribution in [1.29, 1.82) is 0 Å². The number of hydrogen-bond acceptors (Lipinski definition) is 6. The molecule has 2 unspecified atom stereocenters. The SMILES string of the molecule is C1=CC2=c3ccccc3=CC(c3nc(-c4cccc5c4oc4ccccc45)nc(-c4c(-c5ccc6c(c5)sc5ccccc56)ccc5oc6ccccc6c45)n3)C2C=C1. The molecule has 2 atom stereocenters. The zero-order chi connectivity index (χ0) is 38.6. The van der Waals surface area contributed by atoms with Crippen LogP contribution in [0.4, 0.5) is 0 Å². The van der Waals surface area contributed by atoms with Crippen molar-refractivity contribution < 1.29 is 8.83 Å². The van der Waals surface area contributed by atoms with Crippen molar-refractivity contribution in [3.63, 3.8) is 0 Å². The van der Waals surface area contributed by atoms with Gasteiger partial charge in [0.15, 0.2) is 11.6 Å². The lowest BCUT2D eigenvalue weighted by molar-refractivity contribution is 0.667. The van der Waals surface area contributed by atoms with Crippen molar-refractivity contribution in [2.45, 2.75) is 5.92 Å². The van der Waals surface area contributed by atoms with Crippen molar-refractivity contribution in [3.05, 3.63) is 186 Å². The summed E-state index contributed by atoms with van der Waals surface area (Å²) in [5.41, 5.74) is 8.29. The van der Waals surface area contributed by atoms with Gasteiger partial charge in [-0.15, -0.1) is 11.3 Å². The second-order valence-corrected chi connectivity index (χ2v) is 16.5. The van der Waals surface area contributed by atoms with Crippen LogP contribution in [0.1, 0.15) is 11.7 Å². The Morgan fingerprint density at radius 3 is 2.20 bits per heavy atom. The second-order valence-electron chi connectivity index (χ2n) is 15.4. The number of nitrogens with zero attached hydrogens (tertiary/aromatic N) is 3. The predicted molar refractivity (Wildman–Crippen MR) is 242 cm³/mol. The molecule has 0 saturated carbocycles. The Morgan fingerprint density at radius 2 is 1.27 bits per heavy atom. The second kappa shape index (κ2) is 12.5. The Morgan fingerprint density at radius 1 is 0.508 bits per heavy atom. The van der Waals surface area contributed by atoms with E-state index >= 15 is 0 Å². The zero-order valence-corrected chi connectivity index (χ0v) is 32.3. The van der Waals surface area contributed by atoms with Crippen LogP contribution >= 0.6 is 11.3 Å². The van der Waals surface area contributed by atoms with Gasteiger partial charge < -0.3 is 8.83 Å². The third-order valence-corrected chi connectivity index (χ3v) is 13.3. The molecule has 4 heterocycles. The molecule has 4 aromatic heterocycles. The van der Waals surface area contributed by atoms with Gasteiger partial charge in [-0.25, -0.2) is 15.0 Å². The molecular formula is C53H31N3O2S. The van der Waals surface area contributed by atoms with E-state index in [0.717, 1.165) is 66.1 Å². The number of para-hydroxylation sites is 3. The summed E-state index contributed by atoms with van der Waals surface area (Å²) in [5.74, 6) is 1.74. The maximum Gasteiger partial charge on any atom is 0.167 e. The largest absolute Gasteiger partial charge is 0.456 e. The van der Waals surface area contributed by atoms with Crippen LogP contribution in [-0.2, 0) is 0 Å². The average molecular weight is 774 g/mol. The van der Waals surface area contributed by atoms with Crippen LogP contribution in [0.25, 0.3) is 110 Å². The first-order chi connectivity index (χ1) is 29.2. The first-order valence-corrected chi connectivity index (χ1v) is 20.7. The van der Waals surface area contributed by atoms with Gasteiger partial charge in [0.2, 0.25) is 0 Å². The Hall–Kier alpha value is -7.41. The number of aromatic nitrogens is 3. The summed E-state index contributed by atoms with van der Waals surface area (Å²) in [6.07, 6.45) is 11.1. The van der Waals surface area contributed by atoms with Gasteiger partial charge in [-0.2, -0.15) is 0 Å². The van der Waals surface area contributed by atoms with Gasteiger partial charge >= 0.3 is 0 Å². The van der Waals surface area contributed by atoms with E-state index in [1.54, 1.807) is 0 Å². The number of rotatable bonds is 4. The lowest BCUT2D eigenvalue weighted by Crippen LogP contribution is -2.35. The molecule has 11 aromatic rings. The lowest BCUT2D eigenvalue weighted by Gasteiger charge is -2.27. The van der Waals surface area contributed by atoms with Crippen LogP contribution in [0.5, 0.6) is 0 Å². The minimum Gasteiger partial charge on any atom is -0.456 e. The van der Waals surface area contributed by atoms with Gasteiger partial charge in [-0.1, -0.05) is 134 Å². The number of allylic oxidation sites excluding steroid dienone is 4. The van der Waals surface area contributed by atoms with E-state index in [9.17, 15) is 0 Å². The Bertz CT molecular complexity index is 3770. The van der Waals surface area contributed by atoms with E-state index in [-0.39, 0.29) is 11.8 Å². The van der Waals surface area contributed by atoms with Crippen molar-refractivity contribution >= 4 is 87.0 Å². The fraction of sp³-hybridized carbons (Fsp3) is 0.0377. The topological polar surface area (TPSA) is 65.0 Å². The summed E-state index contributed by atoms with van der Waals surface area (Å²) in [4.78, 5) is 16.5. The van der Waals surface area contributed by atoms with E-state index in [4.69, 9.17) is 23.8 Å². The molecule has 0 amide bonds. The number of hydrogen-bond donors (Lipinski definition) is 0. The van der Waals surface area contributed by atoms with Crippen molar-refractivity contribution in [3.8, 4) is 33.9 Å². The quantitative estimate of drug-likeness (QED) is 0.178. The van der Waals surface area contributed by atoms with Crippen LogP contribution in [0, 0.1) is 5.92 Å². The van der Waals surface area contributed by atoms with E-state index in [1.165, 1.54) is 36.2 Å². The first kappa shape index (κ1) is 32.7. The van der Waals surface area contributed by atoms with Crippen LogP contribution in [0.15, 0.2) is 179 Å².